The molecule has 1 heterocycles. The highest BCUT2D eigenvalue weighted by Crippen LogP contribution is 2.36. The van der Waals surface area contributed by atoms with Crippen molar-refractivity contribution in [2.45, 2.75) is 25.2 Å². The molecule has 2 amide bonds. The normalized spacial score (nSPS) is 16.2. The van der Waals surface area contributed by atoms with Crippen LogP contribution in [0.15, 0.2) is 36.9 Å². The van der Waals surface area contributed by atoms with E-state index in [2.05, 4.69) is 31.0 Å². The van der Waals surface area contributed by atoms with Crippen LogP contribution in [0.3, 0.4) is 0 Å². The van der Waals surface area contributed by atoms with E-state index < -0.39 is 0 Å². The number of ether oxygens (including phenoxy) is 1. The summed E-state index contributed by atoms with van der Waals surface area (Å²) in [4.78, 5) is 25.1. The predicted molar refractivity (Wildman–Crippen MR) is 93.8 cm³/mol. The lowest BCUT2D eigenvalue weighted by Crippen LogP contribution is -2.47. The van der Waals surface area contributed by atoms with Crippen LogP contribution < -0.4 is 5.32 Å². The van der Waals surface area contributed by atoms with E-state index in [1.807, 2.05) is 12.1 Å². The molecule has 1 aliphatic heterocycles. The Morgan fingerprint density at radius 2 is 2.00 bits per heavy atom. The Balaban J connectivity index is 2.07. The van der Waals surface area contributed by atoms with E-state index >= 15 is 0 Å². The number of hydrogen-bond donors (Lipinski definition) is 1. The number of rotatable bonds is 6. The molecule has 130 valence electrons. The number of likely N-dealkylation sites (N-methyl/N-ethyl adjacent to an activating group) is 1. The molecule has 5 heteroatoms. The second kappa shape index (κ2) is 8.11. The van der Waals surface area contributed by atoms with Gasteiger partial charge in [0.1, 0.15) is 0 Å². The molecule has 0 saturated carbocycles. The Bertz CT molecular complexity index is 606. The van der Waals surface area contributed by atoms with Crippen LogP contribution in [0.4, 0.5) is 0 Å². The molecular weight excluding hydrogens is 304 g/mol. The van der Waals surface area contributed by atoms with Gasteiger partial charge in [0.15, 0.2) is 0 Å². The Morgan fingerprint density at radius 1 is 1.33 bits per heavy atom. The summed E-state index contributed by atoms with van der Waals surface area (Å²) in [6.07, 6.45) is 2.96. The Morgan fingerprint density at radius 3 is 2.62 bits per heavy atom. The van der Waals surface area contributed by atoms with E-state index in [-0.39, 0.29) is 23.8 Å². The molecular formula is C19H26N2O3. The molecule has 0 unspecified atom stereocenters. The topological polar surface area (TPSA) is 58.6 Å². The molecule has 1 N–H and O–H groups in total. The number of carbonyl (C=O) groups is 2. The van der Waals surface area contributed by atoms with Crippen LogP contribution in [0.1, 0.15) is 24.0 Å². The molecule has 0 radical (unpaired) electrons. The van der Waals surface area contributed by atoms with Gasteiger partial charge in [-0.3, -0.25) is 9.59 Å². The van der Waals surface area contributed by atoms with Crippen molar-refractivity contribution in [3.05, 3.63) is 48.0 Å². The minimum absolute atomic E-state index is 0.0329. The highest BCUT2D eigenvalue weighted by Gasteiger charge is 2.35. The molecule has 1 aromatic carbocycles. The van der Waals surface area contributed by atoms with Gasteiger partial charge < -0.3 is 15.0 Å². The smallest absolute Gasteiger partial charge is 0.246 e. The summed E-state index contributed by atoms with van der Waals surface area (Å²) in [6, 6.07) is 8.31. The van der Waals surface area contributed by atoms with Gasteiger partial charge in [-0.2, -0.15) is 0 Å². The van der Waals surface area contributed by atoms with Crippen LogP contribution in [-0.2, 0) is 19.7 Å². The number of aryl methyl sites for hydroxylation is 1. The van der Waals surface area contributed by atoms with E-state index in [4.69, 9.17) is 4.74 Å². The number of benzene rings is 1. The largest absolute Gasteiger partial charge is 0.381 e. The van der Waals surface area contributed by atoms with E-state index in [1.54, 1.807) is 7.05 Å². The number of amides is 2. The molecule has 0 spiro atoms. The third kappa shape index (κ3) is 4.23. The lowest BCUT2D eigenvalue weighted by atomic mass is 9.72. The van der Waals surface area contributed by atoms with Gasteiger partial charge in [0, 0.05) is 32.2 Å². The molecule has 1 saturated heterocycles. The number of carbonyl (C=O) groups excluding carboxylic acids is 2. The van der Waals surface area contributed by atoms with Crippen LogP contribution in [0, 0.1) is 6.92 Å². The highest BCUT2D eigenvalue weighted by atomic mass is 16.5. The monoisotopic (exact) mass is 330 g/mol. The summed E-state index contributed by atoms with van der Waals surface area (Å²) in [6.45, 7) is 7.51. The van der Waals surface area contributed by atoms with Crippen molar-refractivity contribution in [2.24, 2.45) is 0 Å². The van der Waals surface area contributed by atoms with Gasteiger partial charge in [0.2, 0.25) is 11.8 Å². The van der Waals surface area contributed by atoms with Crippen molar-refractivity contribution in [2.75, 3.05) is 33.4 Å². The molecule has 0 aliphatic carbocycles. The summed E-state index contributed by atoms with van der Waals surface area (Å²) >= 11 is 0. The van der Waals surface area contributed by atoms with Gasteiger partial charge in [0.05, 0.1) is 6.54 Å². The first-order valence-corrected chi connectivity index (χ1v) is 8.26. The molecule has 1 aliphatic rings. The molecule has 1 aromatic rings. The molecule has 1 fully saturated rings. The zero-order chi connectivity index (χ0) is 17.6. The molecule has 24 heavy (non-hydrogen) atoms. The lowest BCUT2D eigenvalue weighted by Gasteiger charge is -2.39. The second-order valence-corrected chi connectivity index (χ2v) is 6.38. The van der Waals surface area contributed by atoms with E-state index in [9.17, 15) is 9.59 Å². The first kappa shape index (κ1) is 18.2. The average Bonchev–Trinajstić information content (AvgIpc) is 2.60. The minimum Gasteiger partial charge on any atom is -0.381 e. The van der Waals surface area contributed by atoms with Crippen molar-refractivity contribution >= 4 is 11.8 Å². The standard InChI is InChI=1S/C19H26N2O3/c1-4-18(23)21(3)13-17(22)20-14-19(9-11-24-12-10-19)16-8-6-5-7-15(16)2/h4-8H,1,9-14H2,2-3H3,(H,20,22). The van der Waals surface area contributed by atoms with Gasteiger partial charge >= 0.3 is 0 Å². The molecule has 0 bridgehead atoms. The maximum Gasteiger partial charge on any atom is 0.246 e. The van der Waals surface area contributed by atoms with Gasteiger partial charge in [-0.25, -0.2) is 0 Å². The summed E-state index contributed by atoms with van der Waals surface area (Å²) in [5.41, 5.74) is 2.39. The first-order chi connectivity index (χ1) is 11.5. The lowest BCUT2D eigenvalue weighted by molar-refractivity contribution is -0.131. The number of nitrogens with one attached hydrogen (secondary N) is 1. The van der Waals surface area contributed by atoms with Crippen molar-refractivity contribution in [3.63, 3.8) is 0 Å². The Hall–Kier alpha value is -2.14. The van der Waals surface area contributed by atoms with Crippen LogP contribution >= 0.6 is 0 Å². The minimum atomic E-state index is -0.259. The molecule has 5 nitrogen and oxygen atoms in total. The zero-order valence-corrected chi connectivity index (χ0v) is 14.5. The van der Waals surface area contributed by atoms with Gasteiger partial charge in [-0.1, -0.05) is 30.8 Å². The van der Waals surface area contributed by atoms with Gasteiger partial charge in [-0.05, 0) is 37.0 Å². The van der Waals surface area contributed by atoms with Crippen molar-refractivity contribution in [1.29, 1.82) is 0 Å². The van der Waals surface area contributed by atoms with Gasteiger partial charge in [0.25, 0.3) is 0 Å². The molecule has 0 atom stereocenters. The molecule has 0 aromatic heterocycles. The summed E-state index contributed by atoms with van der Waals surface area (Å²) < 4.78 is 5.53. The third-order valence-corrected chi connectivity index (χ3v) is 4.72. The first-order valence-electron chi connectivity index (χ1n) is 8.26. The Kier molecular flexibility index (Phi) is 6.15. The van der Waals surface area contributed by atoms with Crippen molar-refractivity contribution < 1.29 is 14.3 Å². The van der Waals surface area contributed by atoms with Crippen LogP contribution in [0.2, 0.25) is 0 Å². The Labute approximate surface area is 143 Å². The third-order valence-electron chi connectivity index (χ3n) is 4.72. The van der Waals surface area contributed by atoms with Crippen molar-refractivity contribution in [3.8, 4) is 0 Å². The second-order valence-electron chi connectivity index (χ2n) is 6.38. The fourth-order valence-corrected chi connectivity index (χ4v) is 3.24. The fourth-order valence-electron chi connectivity index (χ4n) is 3.24. The SMILES string of the molecule is C=CC(=O)N(C)CC(=O)NCC1(c2ccccc2C)CCOCC1. The van der Waals surface area contributed by atoms with E-state index in [1.165, 1.54) is 22.1 Å². The number of nitrogens with zero attached hydrogens (tertiary/aromatic N) is 1. The van der Waals surface area contributed by atoms with Crippen LogP contribution in [0.5, 0.6) is 0 Å². The summed E-state index contributed by atoms with van der Waals surface area (Å²) in [7, 11) is 1.59. The van der Waals surface area contributed by atoms with E-state index in [0.717, 1.165) is 12.8 Å². The molecule has 2 rings (SSSR count). The maximum atomic E-state index is 12.2. The summed E-state index contributed by atoms with van der Waals surface area (Å²) in [5, 5.41) is 3.01. The average molecular weight is 330 g/mol. The van der Waals surface area contributed by atoms with E-state index in [0.29, 0.717) is 19.8 Å². The number of hydrogen-bond acceptors (Lipinski definition) is 3. The van der Waals surface area contributed by atoms with Gasteiger partial charge in [-0.15, -0.1) is 0 Å². The maximum absolute atomic E-state index is 12.2. The van der Waals surface area contributed by atoms with Crippen LogP contribution in [0.25, 0.3) is 0 Å². The predicted octanol–water partition coefficient (Wildman–Crippen LogP) is 1.80. The quantitative estimate of drug-likeness (QED) is 0.809. The fraction of sp³-hybridized carbons (Fsp3) is 0.474. The highest BCUT2D eigenvalue weighted by molar-refractivity contribution is 5.90. The van der Waals surface area contributed by atoms with Crippen LogP contribution in [-0.4, -0.2) is 50.1 Å². The summed E-state index contributed by atoms with van der Waals surface area (Å²) in [5.74, 6) is -0.419. The zero-order valence-electron chi connectivity index (χ0n) is 14.5. The van der Waals surface area contributed by atoms with Crippen molar-refractivity contribution in [1.82, 2.24) is 10.2 Å².